The molecule has 2 heterocycles. The van der Waals surface area contributed by atoms with E-state index in [1.54, 1.807) is 6.92 Å². The third-order valence-electron chi connectivity index (χ3n) is 3.71. The van der Waals surface area contributed by atoms with Crippen LogP contribution in [0.25, 0.3) is 0 Å². The zero-order valence-electron chi connectivity index (χ0n) is 11.0. The Labute approximate surface area is 111 Å². The van der Waals surface area contributed by atoms with E-state index in [4.69, 9.17) is 10.5 Å². The predicted molar refractivity (Wildman–Crippen MR) is 65.9 cm³/mol. The largest absolute Gasteiger partial charge is 0.381 e. The highest BCUT2D eigenvalue weighted by molar-refractivity contribution is 6.05. The fraction of sp³-hybridized carbons (Fsp3) is 0.750. The molecule has 0 aliphatic carbocycles. The Kier molecular flexibility index (Phi) is 3.86. The fourth-order valence-electron chi connectivity index (χ4n) is 2.52. The van der Waals surface area contributed by atoms with Gasteiger partial charge in [-0.15, -0.1) is 0 Å². The van der Waals surface area contributed by atoms with Gasteiger partial charge in [-0.05, 0) is 19.3 Å². The molecule has 1 atom stereocenters. The summed E-state index contributed by atoms with van der Waals surface area (Å²) in [6.07, 6.45) is 1.28. The van der Waals surface area contributed by atoms with Crippen LogP contribution in [0.4, 0.5) is 0 Å². The van der Waals surface area contributed by atoms with Crippen molar-refractivity contribution in [1.29, 1.82) is 0 Å². The van der Waals surface area contributed by atoms with Crippen LogP contribution in [-0.2, 0) is 19.1 Å². The number of nitrogens with two attached hydrogens (primary N) is 1. The molecule has 2 fully saturated rings. The molecule has 0 bridgehead atoms. The van der Waals surface area contributed by atoms with Gasteiger partial charge in [0.1, 0.15) is 12.6 Å². The molecule has 0 aromatic rings. The Bertz CT molecular complexity index is 404. The van der Waals surface area contributed by atoms with Crippen LogP contribution in [0, 0.1) is 0 Å². The average Bonchev–Trinajstić information content (AvgIpc) is 2.38. The molecule has 2 rings (SSSR count). The van der Waals surface area contributed by atoms with E-state index in [2.05, 4.69) is 5.32 Å². The maximum absolute atomic E-state index is 12.5. The Morgan fingerprint density at radius 1 is 1.47 bits per heavy atom. The van der Waals surface area contributed by atoms with E-state index in [-0.39, 0.29) is 12.5 Å². The molecule has 1 unspecified atom stereocenters. The minimum Gasteiger partial charge on any atom is -0.381 e. The molecule has 2 aliphatic rings. The molecule has 3 N–H and O–H groups in total. The molecule has 2 aliphatic heterocycles. The zero-order valence-corrected chi connectivity index (χ0v) is 11.0. The van der Waals surface area contributed by atoms with Gasteiger partial charge in [-0.3, -0.25) is 19.7 Å². The smallest absolute Gasteiger partial charge is 0.249 e. The Morgan fingerprint density at radius 2 is 2.11 bits per heavy atom. The minimum absolute atomic E-state index is 0.108. The van der Waals surface area contributed by atoms with E-state index < -0.39 is 23.4 Å². The Hall–Kier alpha value is -1.47. The van der Waals surface area contributed by atoms with Crippen LogP contribution in [0.5, 0.6) is 0 Å². The van der Waals surface area contributed by atoms with Crippen molar-refractivity contribution in [3.63, 3.8) is 0 Å². The molecule has 0 spiro atoms. The summed E-state index contributed by atoms with van der Waals surface area (Å²) in [4.78, 5) is 37.1. The van der Waals surface area contributed by atoms with E-state index in [0.29, 0.717) is 32.5 Å². The summed E-state index contributed by atoms with van der Waals surface area (Å²) in [5, 5.41) is 2.24. The molecule has 106 valence electrons. The third kappa shape index (κ3) is 2.62. The highest BCUT2D eigenvalue weighted by Gasteiger charge is 2.44. The van der Waals surface area contributed by atoms with Gasteiger partial charge >= 0.3 is 0 Å². The maximum atomic E-state index is 12.5. The van der Waals surface area contributed by atoms with Crippen LogP contribution in [0.1, 0.15) is 26.2 Å². The van der Waals surface area contributed by atoms with Crippen molar-refractivity contribution in [1.82, 2.24) is 10.2 Å². The molecule has 0 aromatic carbocycles. The van der Waals surface area contributed by atoms with Gasteiger partial charge in [-0.2, -0.15) is 0 Å². The second kappa shape index (κ2) is 5.26. The van der Waals surface area contributed by atoms with Gasteiger partial charge in [-0.1, -0.05) is 6.92 Å². The van der Waals surface area contributed by atoms with Crippen molar-refractivity contribution >= 4 is 17.7 Å². The van der Waals surface area contributed by atoms with E-state index in [0.717, 1.165) is 0 Å². The summed E-state index contributed by atoms with van der Waals surface area (Å²) in [5.74, 6) is -1.22. The van der Waals surface area contributed by atoms with Gasteiger partial charge in [0, 0.05) is 13.2 Å². The summed E-state index contributed by atoms with van der Waals surface area (Å²) in [6.45, 7) is 2.54. The number of piperazine rings is 1. The van der Waals surface area contributed by atoms with Gasteiger partial charge < -0.3 is 15.4 Å². The molecular formula is C12H19N3O4. The number of hydrogen-bond acceptors (Lipinski definition) is 5. The lowest BCUT2D eigenvalue weighted by Gasteiger charge is -2.41. The van der Waals surface area contributed by atoms with E-state index >= 15 is 0 Å². The van der Waals surface area contributed by atoms with Crippen molar-refractivity contribution < 1.29 is 19.1 Å². The number of hydrogen-bond donors (Lipinski definition) is 2. The molecular weight excluding hydrogens is 250 g/mol. The lowest BCUT2D eigenvalue weighted by atomic mass is 9.88. The van der Waals surface area contributed by atoms with E-state index in [9.17, 15) is 14.4 Å². The standard InChI is InChI=1S/C12H19N3O4/c1-2-8-10(17)14-9(16)7-15(8)11(18)12(13)3-5-19-6-4-12/h8H,2-7,13H2,1H3,(H,14,16,17). The summed E-state index contributed by atoms with van der Waals surface area (Å²) in [7, 11) is 0. The summed E-state index contributed by atoms with van der Waals surface area (Å²) in [5.41, 5.74) is 5.10. The SMILES string of the molecule is CCC1C(=O)NC(=O)CN1C(=O)C1(N)CCOCC1. The van der Waals surface area contributed by atoms with Crippen molar-refractivity contribution in [3.05, 3.63) is 0 Å². The van der Waals surface area contributed by atoms with Gasteiger partial charge in [0.05, 0.1) is 5.54 Å². The lowest BCUT2D eigenvalue weighted by Crippen LogP contribution is -2.66. The van der Waals surface area contributed by atoms with E-state index in [1.165, 1.54) is 4.90 Å². The first-order valence-corrected chi connectivity index (χ1v) is 6.49. The highest BCUT2D eigenvalue weighted by Crippen LogP contribution is 2.23. The second-order valence-corrected chi connectivity index (χ2v) is 5.04. The van der Waals surface area contributed by atoms with Crippen molar-refractivity contribution in [2.24, 2.45) is 5.73 Å². The normalized spacial score (nSPS) is 27.1. The summed E-state index contributed by atoms with van der Waals surface area (Å²) in [6, 6.07) is -0.617. The Balaban J connectivity index is 2.19. The monoisotopic (exact) mass is 269 g/mol. The topological polar surface area (TPSA) is 102 Å². The van der Waals surface area contributed by atoms with Crippen LogP contribution in [-0.4, -0.2) is 54.0 Å². The highest BCUT2D eigenvalue weighted by atomic mass is 16.5. The molecule has 0 aromatic heterocycles. The van der Waals surface area contributed by atoms with Crippen LogP contribution in [0.3, 0.4) is 0 Å². The predicted octanol–water partition coefficient (Wildman–Crippen LogP) is -1.24. The average molecular weight is 269 g/mol. The number of carbonyl (C=O) groups excluding carboxylic acids is 3. The van der Waals surface area contributed by atoms with Crippen molar-refractivity contribution in [2.45, 2.75) is 37.8 Å². The van der Waals surface area contributed by atoms with Crippen molar-refractivity contribution in [2.75, 3.05) is 19.8 Å². The number of carbonyl (C=O) groups is 3. The van der Waals surface area contributed by atoms with Gasteiger partial charge in [-0.25, -0.2) is 0 Å². The molecule has 3 amide bonds. The van der Waals surface area contributed by atoms with Crippen LogP contribution in [0.15, 0.2) is 0 Å². The summed E-state index contributed by atoms with van der Waals surface area (Å²) < 4.78 is 5.20. The van der Waals surface area contributed by atoms with Gasteiger partial charge in [0.2, 0.25) is 17.7 Å². The number of nitrogens with zero attached hydrogens (tertiary/aromatic N) is 1. The first-order chi connectivity index (χ1) is 8.98. The number of imide groups is 1. The minimum atomic E-state index is -1.02. The second-order valence-electron chi connectivity index (χ2n) is 5.04. The Morgan fingerprint density at radius 3 is 2.68 bits per heavy atom. The van der Waals surface area contributed by atoms with Crippen LogP contribution < -0.4 is 11.1 Å². The van der Waals surface area contributed by atoms with Gasteiger partial charge in [0.15, 0.2) is 0 Å². The third-order valence-corrected chi connectivity index (χ3v) is 3.71. The number of rotatable bonds is 2. The zero-order chi connectivity index (χ0) is 14.0. The number of ether oxygens (including phenoxy) is 1. The van der Waals surface area contributed by atoms with Crippen molar-refractivity contribution in [3.8, 4) is 0 Å². The van der Waals surface area contributed by atoms with E-state index in [1.807, 2.05) is 0 Å². The van der Waals surface area contributed by atoms with Crippen LogP contribution >= 0.6 is 0 Å². The fourth-order valence-corrected chi connectivity index (χ4v) is 2.52. The first kappa shape index (κ1) is 14.0. The lowest BCUT2D eigenvalue weighted by molar-refractivity contribution is -0.155. The number of amides is 3. The quantitative estimate of drug-likeness (QED) is 0.610. The van der Waals surface area contributed by atoms with Gasteiger partial charge in [0.25, 0.3) is 0 Å². The maximum Gasteiger partial charge on any atom is 0.249 e. The molecule has 19 heavy (non-hydrogen) atoms. The molecule has 7 nitrogen and oxygen atoms in total. The number of nitrogens with one attached hydrogen (secondary N) is 1. The summed E-state index contributed by atoms with van der Waals surface area (Å²) >= 11 is 0. The molecule has 0 saturated carbocycles. The molecule has 0 radical (unpaired) electrons. The first-order valence-electron chi connectivity index (χ1n) is 6.49. The molecule has 7 heteroatoms. The molecule has 2 saturated heterocycles. The van der Waals surface area contributed by atoms with Crippen LogP contribution in [0.2, 0.25) is 0 Å².